The van der Waals surface area contributed by atoms with Gasteiger partial charge in [-0.05, 0) is 42.7 Å². The Morgan fingerprint density at radius 1 is 1.17 bits per heavy atom. The van der Waals surface area contributed by atoms with Crippen molar-refractivity contribution in [2.45, 2.75) is 12.5 Å². The molecule has 0 unspecified atom stereocenters. The van der Waals surface area contributed by atoms with E-state index in [9.17, 15) is 4.79 Å². The summed E-state index contributed by atoms with van der Waals surface area (Å²) in [7, 11) is 0. The molecule has 6 heteroatoms. The summed E-state index contributed by atoms with van der Waals surface area (Å²) < 4.78 is 1.93. The van der Waals surface area contributed by atoms with Gasteiger partial charge in [0.2, 0.25) is 0 Å². The number of rotatable bonds is 6. The predicted octanol–water partition coefficient (Wildman–Crippen LogP) is 2.95. The molecule has 1 N–H and O–H groups in total. The lowest BCUT2D eigenvalue weighted by Crippen LogP contribution is -2.30. The van der Waals surface area contributed by atoms with Gasteiger partial charge in [0.05, 0.1) is 6.04 Å². The zero-order chi connectivity index (χ0) is 16.1. The highest BCUT2D eigenvalue weighted by Crippen LogP contribution is 2.19. The van der Waals surface area contributed by atoms with Crippen molar-refractivity contribution in [1.29, 1.82) is 0 Å². The summed E-state index contributed by atoms with van der Waals surface area (Å²) in [5, 5.41) is 11.6. The molecule has 1 aromatic carbocycles. The largest absolute Gasteiger partial charge is 0.342 e. The molecule has 5 nitrogen and oxygen atoms in total. The Morgan fingerprint density at radius 3 is 2.74 bits per heavy atom. The molecule has 0 aliphatic carbocycles. The Bertz CT molecular complexity index is 787. The van der Waals surface area contributed by atoms with Crippen molar-refractivity contribution in [1.82, 2.24) is 19.9 Å². The Labute approximate surface area is 139 Å². The van der Waals surface area contributed by atoms with E-state index >= 15 is 0 Å². The zero-order valence-electron chi connectivity index (χ0n) is 12.8. The maximum Gasteiger partial charge on any atom is 0.251 e. The number of benzene rings is 1. The van der Waals surface area contributed by atoms with Gasteiger partial charge in [0.25, 0.3) is 5.91 Å². The fraction of sp³-hybridized carbons (Fsp3) is 0.235. The first-order chi connectivity index (χ1) is 11.3. The SMILES string of the molecule is CSCC[C@H](NC(=O)c1ccccc1)c1nnc2ccccn12. The van der Waals surface area contributed by atoms with Crippen LogP contribution in [0.4, 0.5) is 0 Å². The molecule has 0 aliphatic rings. The molecule has 23 heavy (non-hydrogen) atoms. The summed E-state index contributed by atoms with van der Waals surface area (Å²) in [6.45, 7) is 0. The van der Waals surface area contributed by atoms with Crippen LogP contribution in [0.5, 0.6) is 0 Å². The Balaban J connectivity index is 1.87. The molecular weight excluding hydrogens is 308 g/mol. The normalized spacial score (nSPS) is 12.2. The van der Waals surface area contributed by atoms with Crippen LogP contribution in [0.1, 0.15) is 28.6 Å². The summed E-state index contributed by atoms with van der Waals surface area (Å²) in [5.41, 5.74) is 1.43. The average molecular weight is 326 g/mol. The minimum absolute atomic E-state index is 0.0932. The van der Waals surface area contributed by atoms with Crippen molar-refractivity contribution in [3.8, 4) is 0 Å². The van der Waals surface area contributed by atoms with E-state index in [1.54, 1.807) is 11.8 Å². The summed E-state index contributed by atoms with van der Waals surface area (Å²) in [4.78, 5) is 12.5. The first-order valence-corrected chi connectivity index (χ1v) is 8.83. The van der Waals surface area contributed by atoms with Crippen LogP contribution in [0.25, 0.3) is 5.65 Å². The molecule has 1 amide bonds. The number of pyridine rings is 1. The van der Waals surface area contributed by atoms with Crippen LogP contribution in [0.15, 0.2) is 54.7 Å². The van der Waals surface area contributed by atoms with Gasteiger partial charge in [0.1, 0.15) is 0 Å². The van der Waals surface area contributed by atoms with Crippen LogP contribution < -0.4 is 5.32 Å². The fourth-order valence-electron chi connectivity index (χ4n) is 2.43. The third-order valence-corrected chi connectivity index (χ3v) is 4.25. The van der Waals surface area contributed by atoms with Gasteiger partial charge in [-0.25, -0.2) is 0 Å². The van der Waals surface area contributed by atoms with Crippen LogP contribution in [-0.2, 0) is 0 Å². The standard InChI is InChI=1S/C17H18N4OS/c1-23-12-10-14(18-17(22)13-7-3-2-4-8-13)16-20-19-15-9-5-6-11-21(15)16/h2-9,11,14H,10,12H2,1H3,(H,18,22)/t14-/m0/s1. The van der Waals surface area contributed by atoms with E-state index in [1.807, 2.05) is 59.1 Å². The third-order valence-electron chi connectivity index (χ3n) is 3.60. The summed E-state index contributed by atoms with van der Waals surface area (Å²) in [5.74, 6) is 1.60. The van der Waals surface area contributed by atoms with Crippen LogP contribution in [0.2, 0.25) is 0 Å². The van der Waals surface area contributed by atoms with Crippen LogP contribution >= 0.6 is 11.8 Å². The summed E-state index contributed by atoms with van der Waals surface area (Å²) in [6, 6.07) is 14.8. The number of carbonyl (C=O) groups is 1. The molecule has 2 heterocycles. The smallest absolute Gasteiger partial charge is 0.251 e. The highest BCUT2D eigenvalue weighted by atomic mass is 32.2. The number of hydrogen-bond acceptors (Lipinski definition) is 4. The number of amides is 1. The van der Waals surface area contributed by atoms with Crippen molar-refractivity contribution >= 4 is 23.3 Å². The molecule has 0 bridgehead atoms. The molecule has 0 saturated carbocycles. The van der Waals surface area contributed by atoms with E-state index in [0.29, 0.717) is 5.56 Å². The zero-order valence-corrected chi connectivity index (χ0v) is 13.7. The number of nitrogens with zero attached hydrogens (tertiary/aromatic N) is 3. The molecule has 0 spiro atoms. The lowest BCUT2D eigenvalue weighted by molar-refractivity contribution is 0.0934. The molecule has 3 aromatic rings. The lowest BCUT2D eigenvalue weighted by atomic mass is 10.1. The van der Waals surface area contributed by atoms with Crippen molar-refractivity contribution < 1.29 is 4.79 Å². The highest BCUT2D eigenvalue weighted by molar-refractivity contribution is 7.98. The molecule has 0 fully saturated rings. The van der Waals surface area contributed by atoms with Crippen molar-refractivity contribution in [3.63, 3.8) is 0 Å². The molecule has 0 saturated heterocycles. The molecule has 0 aliphatic heterocycles. The molecule has 118 valence electrons. The quantitative estimate of drug-likeness (QED) is 0.756. The van der Waals surface area contributed by atoms with Crippen LogP contribution in [0.3, 0.4) is 0 Å². The average Bonchev–Trinajstić information content (AvgIpc) is 3.03. The van der Waals surface area contributed by atoms with Gasteiger partial charge in [-0.3, -0.25) is 9.20 Å². The number of aromatic nitrogens is 3. The lowest BCUT2D eigenvalue weighted by Gasteiger charge is -2.17. The highest BCUT2D eigenvalue weighted by Gasteiger charge is 2.20. The number of carbonyl (C=O) groups excluding carboxylic acids is 1. The van der Waals surface area contributed by atoms with Gasteiger partial charge < -0.3 is 5.32 Å². The van der Waals surface area contributed by atoms with Crippen LogP contribution in [-0.4, -0.2) is 32.5 Å². The molecule has 0 radical (unpaired) electrons. The maximum atomic E-state index is 12.5. The number of fused-ring (bicyclic) bond motifs is 1. The van der Waals surface area contributed by atoms with E-state index in [-0.39, 0.29) is 11.9 Å². The van der Waals surface area contributed by atoms with E-state index in [4.69, 9.17) is 0 Å². The molecule has 2 aromatic heterocycles. The fourth-order valence-corrected chi connectivity index (χ4v) is 2.90. The Kier molecular flexibility index (Phi) is 4.92. The number of nitrogens with one attached hydrogen (secondary N) is 1. The monoisotopic (exact) mass is 326 g/mol. The third kappa shape index (κ3) is 3.53. The van der Waals surface area contributed by atoms with E-state index in [2.05, 4.69) is 21.8 Å². The van der Waals surface area contributed by atoms with Crippen LogP contribution in [0, 0.1) is 0 Å². The summed E-state index contributed by atoms with van der Waals surface area (Å²) >= 11 is 1.75. The number of thioether (sulfide) groups is 1. The van der Waals surface area contributed by atoms with Gasteiger partial charge in [-0.1, -0.05) is 24.3 Å². The van der Waals surface area contributed by atoms with Gasteiger partial charge in [-0.2, -0.15) is 11.8 Å². The van der Waals surface area contributed by atoms with E-state index < -0.39 is 0 Å². The molecular formula is C17H18N4OS. The van der Waals surface area contributed by atoms with Gasteiger partial charge >= 0.3 is 0 Å². The van der Waals surface area contributed by atoms with E-state index in [0.717, 1.165) is 23.6 Å². The Hall–Kier alpha value is -2.34. The second kappa shape index (κ2) is 7.28. The summed E-state index contributed by atoms with van der Waals surface area (Å²) in [6.07, 6.45) is 4.78. The molecule has 3 rings (SSSR count). The maximum absolute atomic E-state index is 12.5. The molecule has 1 atom stereocenters. The van der Waals surface area contributed by atoms with Crippen molar-refractivity contribution in [2.75, 3.05) is 12.0 Å². The second-order valence-corrected chi connectivity index (χ2v) is 6.15. The Morgan fingerprint density at radius 2 is 1.96 bits per heavy atom. The number of hydrogen-bond donors (Lipinski definition) is 1. The topological polar surface area (TPSA) is 59.3 Å². The first-order valence-electron chi connectivity index (χ1n) is 7.44. The van der Waals surface area contributed by atoms with Gasteiger partial charge in [0.15, 0.2) is 11.5 Å². The predicted molar refractivity (Wildman–Crippen MR) is 92.6 cm³/mol. The first kappa shape index (κ1) is 15.6. The van der Waals surface area contributed by atoms with Gasteiger partial charge in [-0.15, -0.1) is 10.2 Å². The van der Waals surface area contributed by atoms with Crippen molar-refractivity contribution in [3.05, 3.63) is 66.1 Å². The van der Waals surface area contributed by atoms with Gasteiger partial charge in [0, 0.05) is 11.8 Å². The second-order valence-electron chi connectivity index (χ2n) is 5.16. The minimum atomic E-state index is -0.174. The minimum Gasteiger partial charge on any atom is -0.342 e. The van der Waals surface area contributed by atoms with Crippen molar-refractivity contribution in [2.24, 2.45) is 0 Å². The van der Waals surface area contributed by atoms with E-state index in [1.165, 1.54) is 0 Å².